The summed E-state index contributed by atoms with van der Waals surface area (Å²) in [5.41, 5.74) is 2.32. The topological polar surface area (TPSA) is 69.6 Å². The molecule has 2 N–H and O–H groups in total. The van der Waals surface area contributed by atoms with Gasteiger partial charge in [-0.1, -0.05) is 6.92 Å². The fourth-order valence-corrected chi connectivity index (χ4v) is 2.90. The molecule has 2 heterocycles. The molecule has 104 valence electrons. The highest BCUT2D eigenvalue weighted by atomic mass is 32.1. The van der Waals surface area contributed by atoms with Crippen LogP contribution >= 0.6 is 11.3 Å². The van der Waals surface area contributed by atoms with Crippen LogP contribution in [0.1, 0.15) is 18.1 Å². The first kappa shape index (κ1) is 13.9. The molecule has 1 aliphatic heterocycles. The number of nitrogens with one attached hydrogen (secondary N) is 1. The van der Waals surface area contributed by atoms with E-state index >= 15 is 0 Å². The van der Waals surface area contributed by atoms with Crippen molar-refractivity contribution in [3.8, 4) is 0 Å². The van der Waals surface area contributed by atoms with E-state index in [0.717, 1.165) is 5.56 Å². The first-order chi connectivity index (χ1) is 8.99. The van der Waals surface area contributed by atoms with E-state index in [9.17, 15) is 9.59 Å². The Morgan fingerprint density at radius 1 is 1.53 bits per heavy atom. The van der Waals surface area contributed by atoms with Gasteiger partial charge >= 0.3 is 12.0 Å². The summed E-state index contributed by atoms with van der Waals surface area (Å²) in [5, 5.41) is 15.8. The van der Waals surface area contributed by atoms with Gasteiger partial charge in [0.2, 0.25) is 0 Å². The lowest BCUT2D eigenvalue weighted by molar-refractivity contribution is -0.144. The number of nitrogens with zero attached hydrogens (tertiary/aromatic N) is 1. The van der Waals surface area contributed by atoms with Crippen LogP contribution in [-0.4, -0.2) is 35.1 Å². The van der Waals surface area contributed by atoms with Gasteiger partial charge in [-0.25, -0.2) is 4.79 Å². The van der Waals surface area contributed by atoms with Gasteiger partial charge in [0.15, 0.2) is 0 Å². The number of thiophene rings is 1. The fraction of sp³-hybridized carbons (Fsp3) is 0.538. The van der Waals surface area contributed by atoms with Gasteiger partial charge in [-0.05, 0) is 28.8 Å². The number of amides is 2. The van der Waals surface area contributed by atoms with Crippen molar-refractivity contribution in [2.75, 3.05) is 13.1 Å². The molecule has 0 aliphatic carbocycles. The Labute approximate surface area is 116 Å². The van der Waals surface area contributed by atoms with Gasteiger partial charge in [0, 0.05) is 25.6 Å². The van der Waals surface area contributed by atoms with Crippen molar-refractivity contribution < 1.29 is 14.7 Å². The molecular formula is C13H18N2O3S. The lowest BCUT2D eigenvalue weighted by atomic mass is 9.87. The number of rotatable bonds is 4. The van der Waals surface area contributed by atoms with E-state index in [0.29, 0.717) is 19.6 Å². The van der Waals surface area contributed by atoms with Crippen LogP contribution in [0.25, 0.3) is 0 Å². The van der Waals surface area contributed by atoms with Crippen molar-refractivity contribution >= 4 is 23.3 Å². The summed E-state index contributed by atoms with van der Waals surface area (Å²) in [6, 6.07) is -0.112. The smallest absolute Gasteiger partial charge is 0.317 e. The molecular weight excluding hydrogens is 264 g/mol. The van der Waals surface area contributed by atoms with Crippen molar-refractivity contribution in [2.24, 2.45) is 11.8 Å². The Morgan fingerprint density at radius 2 is 2.21 bits per heavy atom. The second-order valence-electron chi connectivity index (χ2n) is 5.03. The molecule has 6 heteroatoms. The molecule has 1 unspecified atom stereocenters. The zero-order chi connectivity index (χ0) is 14.0. The van der Waals surface area contributed by atoms with Crippen LogP contribution in [0, 0.1) is 18.8 Å². The molecule has 2 amide bonds. The lowest BCUT2D eigenvalue weighted by Gasteiger charge is -2.41. The molecule has 2 rings (SSSR count). The van der Waals surface area contributed by atoms with E-state index in [-0.39, 0.29) is 17.9 Å². The Morgan fingerprint density at radius 3 is 2.74 bits per heavy atom. The first-order valence-corrected chi connectivity index (χ1v) is 7.20. The van der Waals surface area contributed by atoms with Crippen molar-refractivity contribution in [1.82, 2.24) is 10.2 Å². The summed E-state index contributed by atoms with van der Waals surface area (Å²) >= 11 is 1.62. The fourth-order valence-electron chi connectivity index (χ4n) is 2.05. The van der Waals surface area contributed by atoms with Gasteiger partial charge < -0.3 is 15.3 Å². The summed E-state index contributed by atoms with van der Waals surface area (Å²) < 4.78 is 0. The van der Waals surface area contributed by atoms with Crippen LogP contribution < -0.4 is 5.32 Å². The number of aliphatic carboxylic acids is 1. The maximum absolute atomic E-state index is 11.8. The first-order valence-electron chi connectivity index (χ1n) is 6.26. The Bertz CT molecular complexity index is 480. The number of likely N-dealkylation sites (tertiary alicyclic amines) is 1. The van der Waals surface area contributed by atoms with Crippen LogP contribution in [0.2, 0.25) is 0 Å². The highest BCUT2D eigenvalue weighted by Crippen LogP contribution is 2.24. The third-order valence-electron chi connectivity index (χ3n) is 3.69. The zero-order valence-electron chi connectivity index (χ0n) is 11.0. The summed E-state index contributed by atoms with van der Waals surface area (Å²) in [6.45, 7) is 5.30. The molecule has 1 aromatic heterocycles. The normalized spacial score (nSPS) is 16.8. The Kier molecular flexibility index (Phi) is 4.09. The highest BCUT2D eigenvalue weighted by molar-refractivity contribution is 7.08. The van der Waals surface area contributed by atoms with Crippen LogP contribution in [0.4, 0.5) is 4.79 Å². The molecule has 0 aromatic carbocycles. The van der Waals surface area contributed by atoms with Gasteiger partial charge in [-0.3, -0.25) is 4.79 Å². The number of carbonyl (C=O) groups is 2. The van der Waals surface area contributed by atoms with Crippen LogP contribution in [0.3, 0.4) is 0 Å². The van der Waals surface area contributed by atoms with E-state index in [4.69, 9.17) is 5.11 Å². The Hall–Kier alpha value is -1.56. The van der Waals surface area contributed by atoms with E-state index in [1.54, 1.807) is 23.2 Å². The number of hydrogen-bond donors (Lipinski definition) is 2. The predicted molar refractivity (Wildman–Crippen MR) is 73.2 cm³/mol. The monoisotopic (exact) mass is 282 g/mol. The molecule has 0 spiro atoms. The third-order valence-corrected chi connectivity index (χ3v) is 4.60. The lowest BCUT2D eigenvalue weighted by Crippen LogP contribution is -2.56. The van der Waals surface area contributed by atoms with E-state index in [1.165, 1.54) is 5.56 Å². The number of hydrogen-bond acceptors (Lipinski definition) is 3. The van der Waals surface area contributed by atoms with E-state index < -0.39 is 5.97 Å². The molecule has 5 nitrogen and oxygen atoms in total. The second kappa shape index (κ2) is 5.61. The van der Waals surface area contributed by atoms with Crippen molar-refractivity contribution in [1.29, 1.82) is 0 Å². The van der Waals surface area contributed by atoms with Gasteiger partial charge in [0.1, 0.15) is 0 Å². The molecule has 1 aliphatic rings. The van der Waals surface area contributed by atoms with Crippen molar-refractivity contribution in [2.45, 2.75) is 20.4 Å². The summed E-state index contributed by atoms with van der Waals surface area (Å²) in [5.74, 6) is -1.10. The number of carbonyl (C=O) groups excluding carboxylic acids is 1. The van der Waals surface area contributed by atoms with Crippen molar-refractivity contribution in [3.63, 3.8) is 0 Å². The van der Waals surface area contributed by atoms with Gasteiger partial charge in [0.05, 0.1) is 5.92 Å². The minimum Gasteiger partial charge on any atom is -0.481 e. The second-order valence-corrected chi connectivity index (χ2v) is 5.77. The molecule has 1 fully saturated rings. The molecule has 1 saturated heterocycles. The number of aryl methyl sites for hydroxylation is 1. The standard InChI is InChI=1S/C13H18N2O3S/c1-8-6-19-7-10(8)3-14-13(18)15-4-11(5-15)9(2)12(16)17/h6-7,9,11H,3-5H2,1-2H3,(H,14,18)(H,16,17). The average molecular weight is 282 g/mol. The number of carboxylic acid groups (broad SMARTS) is 1. The number of carboxylic acids is 1. The van der Waals surface area contributed by atoms with Gasteiger partial charge in [0.25, 0.3) is 0 Å². The third kappa shape index (κ3) is 3.07. The molecule has 0 bridgehead atoms. The van der Waals surface area contributed by atoms with E-state index in [2.05, 4.69) is 10.7 Å². The molecule has 1 aromatic rings. The van der Waals surface area contributed by atoms with Gasteiger partial charge in [-0.2, -0.15) is 11.3 Å². The zero-order valence-corrected chi connectivity index (χ0v) is 11.9. The number of urea groups is 1. The maximum Gasteiger partial charge on any atom is 0.317 e. The summed E-state index contributed by atoms with van der Waals surface area (Å²) in [7, 11) is 0. The van der Waals surface area contributed by atoms with Crippen LogP contribution in [0.5, 0.6) is 0 Å². The van der Waals surface area contributed by atoms with Crippen LogP contribution in [-0.2, 0) is 11.3 Å². The predicted octanol–water partition coefficient (Wildman–Crippen LogP) is 1.92. The van der Waals surface area contributed by atoms with E-state index in [1.807, 2.05) is 12.3 Å². The molecule has 1 atom stereocenters. The molecule has 0 saturated carbocycles. The summed E-state index contributed by atoms with van der Waals surface area (Å²) in [6.07, 6.45) is 0. The summed E-state index contributed by atoms with van der Waals surface area (Å²) in [4.78, 5) is 24.3. The Balaban J connectivity index is 1.75. The molecule has 0 radical (unpaired) electrons. The van der Waals surface area contributed by atoms with Crippen molar-refractivity contribution in [3.05, 3.63) is 21.9 Å². The molecule has 19 heavy (non-hydrogen) atoms. The SMILES string of the molecule is Cc1cscc1CNC(=O)N1CC(C(C)C(=O)O)C1. The average Bonchev–Trinajstić information content (AvgIpc) is 2.70. The maximum atomic E-state index is 11.8. The largest absolute Gasteiger partial charge is 0.481 e. The van der Waals surface area contributed by atoms with Gasteiger partial charge in [-0.15, -0.1) is 0 Å². The quantitative estimate of drug-likeness (QED) is 0.886. The minimum atomic E-state index is -0.793. The van der Waals surface area contributed by atoms with Crippen LogP contribution in [0.15, 0.2) is 10.8 Å². The highest BCUT2D eigenvalue weighted by Gasteiger charge is 2.37. The minimum absolute atomic E-state index is 0.0751.